The Kier molecular flexibility index (Phi) is 4.72. The molecule has 1 amide bonds. The van der Waals surface area contributed by atoms with E-state index >= 15 is 0 Å². The molecule has 0 atom stereocenters. The van der Waals surface area contributed by atoms with Crippen LogP contribution in [-0.2, 0) is 11.2 Å². The van der Waals surface area contributed by atoms with Gasteiger partial charge in [0, 0.05) is 23.0 Å². The van der Waals surface area contributed by atoms with E-state index in [-0.39, 0.29) is 12.3 Å². The van der Waals surface area contributed by atoms with E-state index in [9.17, 15) is 4.79 Å². The van der Waals surface area contributed by atoms with Crippen LogP contribution in [0, 0.1) is 0 Å². The standard InChI is InChI=1S/C16H14ClN5O2/c1-24-14-5-2-4-12(17)11(14)8-15(23)21-13-9-18-10-19-16(13)22-7-3-6-20-22/h2-7,9-10H,8H2,1H3,(H,21,23). The summed E-state index contributed by atoms with van der Waals surface area (Å²) in [4.78, 5) is 20.5. The number of benzene rings is 1. The number of methoxy groups -OCH3 is 1. The number of nitrogens with one attached hydrogen (secondary N) is 1. The number of carbonyl (C=O) groups excluding carboxylic acids is 1. The molecule has 1 aromatic carbocycles. The Morgan fingerprint density at radius 1 is 1.38 bits per heavy atom. The first kappa shape index (κ1) is 15.9. The van der Waals surface area contributed by atoms with E-state index in [1.54, 1.807) is 41.3 Å². The predicted octanol–water partition coefficient (Wildman–Crippen LogP) is 2.51. The molecular formula is C16H14ClN5O2. The summed E-state index contributed by atoms with van der Waals surface area (Å²) < 4.78 is 6.81. The zero-order valence-electron chi connectivity index (χ0n) is 12.8. The Balaban J connectivity index is 1.82. The number of anilines is 1. The van der Waals surface area contributed by atoms with Crippen molar-refractivity contribution in [2.24, 2.45) is 0 Å². The fourth-order valence-electron chi connectivity index (χ4n) is 2.24. The molecule has 0 aliphatic rings. The normalized spacial score (nSPS) is 10.4. The highest BCUT2D eigenvalue weighted by Crippen LogP contribution is 2.27. The SMILES string of the molecule is COc1cccc(Cl)c1CC(=O)Nc1cncnc1-n1cccn1. The van der Waals surface area contributed by atoms with E-state index in [0.717, 1.165) is 0 Å². The maximum atomic E-state index is 12.4. The van der Waals surface area contributed by atoms with Gasteiger partial charge in [0.05, 0.1) is 19.7 Å². The van der Waals surface area contributed by atoms with Crippen LogP contribution in [0.1, 0.15) is 5.56 Å². The van der Waals surface area contributed by atoms with Gasteiger partial charge in [-0.25, -0.2) is 14.6 Å². The monoisotopic (exact) mass is 343 g/mol. The number of hydrogen-bond acceptors (Lipinski definition) is 5. The molecule has 0 saturated heterocycles. The second-order valence-corrected chi connectivity index (χ2v) is 5.26. The summed E-state index contributed by atoms with van der Waals surface area (Å²) in [6.45, 7) is 0. The minimum Gasteiger partial charge on any atom is -0.496 e. The summed E-state index contributed by atoms with van der Waals surface area (Å²) in [6.07, 6.45) is 6.34. The van der Waals surface area contributed by atoms with Gasteiger partial charge in [-0.2, -0.15) is 5.10 Å². The summed E-state index contributed by atoms with van der Waals surface area (Å²) in [5.74, 6) is 0.786. The summed E-state index contributed by atoms with van der Waals surface area (Å²) in [5.41, 5.74) is 1.08. The molecule has 0 unspecified atom stereocenters. The number of rotatable bonds is 5. The van der Waals surface area contributed by atoms with E-state index in [1.807, 2.05) is 0 Å². The lowest BCUT2D eigenvalue weighted by Crippen LogP contribution is -2.17. The quantitative estimate of drug-likeness (QED) is 0.769. The van der Waals surface area contributed by atoms with Crippen molar-refractivity contribution < 1.29 is 9.53 Å². The second kappa shape index (κ2) is 7.10. The molecule has 8 heteroatoms. The number of ether oxygens (including phenoxy) is 1. The summed E-state index contributed by atoms with van der Waals surface area (Å²) in [7, 11) is 1.54. The van der Waals surface area contributed by atoms with Gasteiger partial charge in [-0.15, -0.1) is 0 Å². The van der Waals surface area contributed by atoms with Gasteiger partial charge >= 0.3 is 0 Å². The van der Waals surface area contributed by atoms with Crippen molar-refractivity contribution in [2.75, 3.05) is 12.4 Å². The molecule has 0 aliphatic carbocycles. The van der Waals surface area contributed by atoms with Gasteiger partial charge in [-0.05, 0) is 18.2 Å². The van der Waals surface area contributed by atoms with Crippen molar-refractivity contribution in [2.45, 2.75) is 6.42 Å². The van der Waals surface area contributed by atoms with Crippen LogP contribution in [0.15, 0.2) is 49.2 Å². The second-order valence-electron chi connectivity index (χ2n) is 4.86. The highest BCUT2D eigenvalue weighted by atomic mass is 35.5. The van der Waals surface area contributed by atoms with Gasteiger partial charge in [0.15, 0.2) is 5.82 Å². The third kappa shape index (κ3) is 3.36. The third-order valence-electron chi connectivity index (χ3n) is 3.32. The first-order valence-electron chi connectivity index (χ1n) is 7.10. The Bertz CT molecular complexity index is 851. The predicted molar refractivity (Wildman–Crippen MR) is 89.5 cm³/mol. The number of halogens is 1. The van der Waals surface area contributed by atoms with Crippen LogP contribution in [0.4, 0.5) is 5.69 Å². The van der Waals surface area contributed by atoms with Gasteiger partial charge in [-0.1, -0.05) is 17.7 Å². The maximum absolute atomic E-state index is 12.4. The smallest absolute Gasteiger partial charge is 0.229 e. The minimum atomic E-state index is -0.260. The van der Waals surface area contributed by atoms with Gasteiger partial charge in [0.1, 0.15) is 17.8 Å². The molecule has 24 heavy (non-hydrogen) atoms. The maximum Gasteiger partial charge on any atom is 0.229 e. The fraction of sp³-hybridized carbons (Fsp3) is 0.125. The molecule has 0 aliphatic heterocycles. The average molecular weight is 344 g/mol. The molecule has 3 rings (SSSR count). The van der Waals surface area contributed by atoms with Gasteiger partial charge in [0.25, 0.3) is 0 Å². The minimum absolute atomic E-state index is 0.0658. The zero-order valence-corrected chi connectivity index (χ0v) is 13.6. The summed E-state index contributed by atoms with van der Waals surface area (Å²) in [5, 5.41) is 7.37. The van der Waals surface area contributed by atoms with Crippen molar-refractivity contribution >= 4 is 23.2 Å². The fourth-order valence-corrected chi connectivity index (χ4v) is 2.48. The van der Waals surface area contributed by atoms with Crippen LogP contribution in [0.25, 0.3) is 5.82 Å². The van der Waals surface area contributed by atoms with Crippen LogP contribution in [-0.4, -0.2) is 32.8 Å². The molecule has 0 spiro atoms. The number of amides is 1. The van der Waals surface area contributed by atoms with E-state index in [1.165, 1.54) is 19.6 Å². The van der Waals surface area contributed by atoms with Crippen LogP contribution in [0.5, 0.6) is 5.75 Å². The van der Waals surface area contributed by atoms with E-state index in [4.69, 9.17) is 16.3 Å². The van der Waals surface area contributed by atoms with Crippen molar-refractivity contribution in [3.63, 3.8) is 0 Å². The lowest BCUT2D eigenvalue weighted by atomic mass is 10.1. The lowest BCUT2D eigenvalue weighted by Gasteiger charge is -2.12. The van der Waals surface area contributed by atoms with E-state index in [2.05, 4.69) is 20.4 Å². The molecule has 0 saturated carbocycles. The highest BCUT2D eigenvalue weighted by Gasteiger charge is 2.15. The van der Waals surface area contributed by atoms with Crippen LogP contribution in [0.2, 0.25) is 5.02 Å². The number of carbonyl (C=O) groups is 1. The van der Waals surface area contributed by atoms with E-state index in [0.29, 0.717) is 27.8 Å². The molecule has 2 heterocycles. The van der Waals surface area contributed by atoms with Crippen molar-refractivity contribution in [1.29, 1.82) is 0 Å². The molecule has 0 radical (unpaired) electrons. The largest absolute Gasteiger partial charge is 0.496 e. The molecule has 0 fully saturated rings. The molecule has 7 nitrogen and oxygen atoms in total. The number of nitrogens with zero attached hydrogens (tertiary/aromatic N) is 4. The Labute approximate surface area is 143 Å². The first-order chi connectivity index (χ1) is 11.7. The highest BCUT2D eigenvalue weighted by molar-refractivity contribution is 6.31. The topological polar surface area (TPSA) is 81.9 Å². The number of aromatic nitrogens is 4. The summed E-state index contributed by atoms with van der Waals surface area (Å²) >= 11 is 6.17. The Morgan fingerprint density at radius 3 is 3.00 bits per heavy atom. The van der Waals surface area contributed by atoms with E-state index < -0.39 is 0 Å². The molecule has 3 aromatic rings. The zero-order chi connectivity index (χ0) is 16.9. The van der Waals surface area contributed by atoms with Gasteiger partial charge in [-0.3, -0.25) is 4.79 Å². The van der Waals surface area contributed by atoms with Crippen LogP contribution in [0.3, 0.4) is 0 Å². The van der Waals surface area contributed by atoms with Crippen LogP contribution >= 0.6 is 11.6 Å². The van der Waals surface area contributed by atoms with Gasteiger partial charge < -0.3 is 10.1 Å². The van der Waals surface area contributed by atoms with Crippen molar-refractivity contribution in [1.82, 2.24) is 19.7 Å². The van der Waals surface area contributed by atoms with Crippen LogP contribution < -0.4 is 10.1 Å². The molecular weight excluding hydrogens is 330 g/mol. The Morgan fingerprint density at radius 2 is 2.25 bits per heavy atom. The molecule has 0 bridgehead atoms. The first-order valence-corrected chi connectivity index (χ1v) is 7.48. The average Bonchev–Trinajstić information content (AvgIpc) is 3.11. The lowest BCUT2D eigenvalue weighted by molar-refractivity contribution is -0.115. The summed E-state index contributed by atoms with van der Waals surface area (Å²) in [6, 6.07) is 7.01. The van der Waals surface area contributed by atoms with Gasteiger partial charge in [0.2, 0.25) is 5.91 Å². The Hall–Kier alpha value is -2.93. The van der Waals surface area contributed by atoms with Crippen molar-refractivity contribution in [3.05, 3.63) is 59.8 Å². The molecule has 122 valence electrons. The third-order valence-corrected chi connectivity index (χ3v) is 3.67. The molecule has 2 aromatic heterocycles. The molecule has 1 N–H and O–H groups in total. The van der Waals surface area contributed by atoms with Crippen molar-refractivity contribution in [3.8, 4) is 11.6 Å². The number of hydrogen-bond donors (Lipinski definition) is 1.